The topological polar surface area (TPSA) is 186 Å². The van der Waals surface area contributed by atoms with Crippen LogP contribution in [0.1, 0.15) is 47.3 Å². The van der Waals surface area contributed by atoms with Crippen LogP contribution < -0.4 is 20.4 Å². The van der Waals surface area contributed by atoms with Gasteiger partial charge in [0.15, 0.2) is 0 Å². The van der Waals surface area contributed by atoms with Gasteiger partial charge in [-0.3, -0.25) is 28.9 Å². The first-order valence-electron chi connectivity index (χ1n) is 19.4. The molecule has 1 fully saturated rings. The molecule has 308 valence electrons. The lowest BCUT2D eigenvalue weighted by molar-refractivity contribution is -0.137. The molecule has 17 heteroatoms. The smallest absolute Gasteiger partial charge is 0.409 e. The van der Waals surface area contributed by atoms with Crippen LogP contribution in [0, 0.1) is 0 Å². The van der Waals surface area contributed by atoms with Gasteiger partial charge in [0.1, 0.15) is 11.4 Å². The average Bonchev–Trinajstić information content (AvgIpc) is 3.94. The number of imide groups is 1. The average molecular weight is 825 g/mol. The number of piperazine rings is 1. The summed E-state index contributed by atoms with van der Waals surface area (Å²) in [4.78, 5) is 85.0. The number of aromatic amines is 1. The number of amides is 6. The fraction of sp³-hybridized carbons (Fsp3) is 0.357. The van der Waals surface area contributed by atoms with Crippen LogP contribution in [0.3, 0.4) is 0 Å². The minimum atomic E-state index is -0.437. The third kappa shape index (κ3) is 9.30. The van der Waals surface area contributed by atoms with Crippen molar-refractivity contribution in [2.45, 2.75) is 25.7 Å². The number of halogens is 1. The molecule has 3 aromatic carbocycles. The summed E-state index contributed by atoms with van der Waals surface area (Å²) in [6, 6.07) is 16.8. The van der Waals surface area contributed by atoms with Crippen molar-refractivity contribution < 1.29 is 38.2 Å². The molecule has 1 atom stereocenters. The number of rotatable bonds is 14. The van der Waals surface area contributed by atoms with Crippen LogP contribution >= 0.6 is 11.6 Å². The lowest BCUT2D eigenvalue weighted by Crippen LogP contribution is -2.48. The van der Waals surface area contributed by atoms with E-state index in [0.29, 0.717) is 48.4 Å². The molecule has 6 amide bonds. The number of ether oxygens (including phenoxy) is 2. The van der Waals surface area contributed by atoms with Crippen molar-refractivity contribution >= 4 is 80.3 Å². The summed E-state index contributed by atoms with van der Waals surface area (Å²) in [5, 5.41) is 9.33. The first kappa shape index (κ1) is 41.1. The minimum Gasteiger partial charge on any atom is -0.409 e. The molecule has 0 radical (unpaired) electrons. The van der Waals surface area contributed by atoms with Crippen molar-refractivity contribution in [3.05, 3.63) is 83.6 Å². The monoisotopic (exact) mass is 824 g/mol. The van der Waals surface area contributed by atoms with Gasteiger partial charge in [0.2, 0.25) is 11.8 Å². The van der Waals surface area contributed by atoms with E-state index in [9.17, 15) is 28.8 Å². The molecule has 16 nitrogen and oxygen atoms in total. The third-order valence-electron chi connectivity index (χ3n) is 10.6. The molecule has 0 aliphatic carbocycles. The third-order valence-corrected chi connectivity index (χ3v) is 11.0. The maximum Gasteiger partial charge on any atom is 0.415 e. The number of likely N-dealkylation sites (N-methyl/N-ethyl adjacent to an activating group) is 1. The van der Waals surface area contributed by atoms with E-state index in [1.807, 2.05) is 49.5 Å². The van der Waals surface area contributed by atoms with Crippen LogP contribution in [-0.2, 0) is 23.9 Å². The normalized spacial score (nSPS) is 17.0. The maximum atomic E-state index is 14.3. The Morgan fingerprint density at radius 3 is 2.41 bits per heavy atom. The highest BCUT2D eigenvalue weighted by Crippen LogP contribution is 2.46. The molecule has 4 heterocycles. The summed E-state index contributed by atoms with van der Waals surface area (Å²) in [5.41, 5.74) is 6.53. The Morgan fingerprint density at radius 2 is 1.66 bits per heavy atom. The number of aromatic nitrogens is 1. The molecule has 0 unspecified atom stereocenters. The molecule has 1 saturated heterocycles. The number of hydrazone groups is 1. The van der Waals surface area contributed by atoms with E-state index in [-0.39, 0.29) is 62.8 Å². The number of fused-ring (bicyclic) bond motifs is 4. The van der Waals surface area contributed by atoms with Crippen molar-refractivity contribution in [3.63, 3.8) is 0 Å². The molecular weight excluding hydrogens is 780 g/mol. The van der Waals surface area contributed by atoms with Gasteiger partial charge in [-0.2, -0.15) is 5.10 Å². The van der Waals surface area contributed by atoms with E-state index in [1.54, 1.807) is 28.9 Å². The number of nitrogens with one attached hydrogen (secondary N) is 3. The summed E-state index contributed by atoms with van der Waals surface area (Å²) in [6.45, 7) is 5.26. The van der Waals surface area contributed by atoms with Crippen LogP contribution in [0.5, 0.6) is 5.75 Å². The highest BCUT2D eigenvalue weighted by atomic mass is 35.5. The van der Waals surface area contributed by atoms with E-state index in [2.05, 4.69) is 25.7 Å². The molecule has 7 rings (SSSR count). The minimum absolute atomic E-state index is 0.0000657. The van der Waals surface area contributed by atoms with E-state index in [1.165, 1.54) is 12.2 Å². The van der Waals surface area contributed by atoms with Crippen LogP contribution in [-0.4, -0.2) is 133 Å². The SMILES string of the molecule is C/C(=N/NC(=O)CCOCCNC(=O)CCN1C(=O)C=CC1=O)c1ccc2[nH]c(C(=O)N3C[C@@H](CCl)c4c3cc(OC(=O)N3CCN(C)CC3)c3ccccc43)cc2c1. The number of anilines is 1. The summed E-state index contributed by atoms with van der Waals surface area (Å²) >= 11 is 6.51. The highest BCUT2D eigenvalue weighted by Gasteiger charge is 2.36. The lowest BCUT2D eigenvalue weighted by atomic mass is 9.95. The van der Waals surface area contributed by atoms with Crippen molar-refractivity contribution in [2.24, 2.45) is 5.10 Å². The van der Waals surface area contributed by atoms with E-state index >= 15 is 0 Å². The molecule has 59 heavy (non-hydrogen) atoms. The summed E-state index contributed by atoms with van der Waals surface area (Å²) < 4.78 is 11.5. The first-order chi connectivity index (χ1) is 28.5. The van der Waals surface area contributed by atoms with Gasteiger partial charge in [-0.1, -0.05) is 30.3 Å². The zero-order chi connectivity index (χ0) is 41.6. The molecule has 1 aromatic heterocycles. The molecule has 4 aromatic rings. The van der Waals surface area contributed by atoms with Gasteiger partial charge in [0.05, 0.1) is 31.0 Å². The number of hydrogen-bond acceptors (Lipinski definition) is 10. The number of hydrogen-bond donors (Lipinski definition) is 3. The molecule has 3 aliphatic heterocycles. The maximum absolute atomic E-state index is 14.3. The quantitative estimate of drug-likeness (QED) is 0.0561. The van der Waals surface area contributed by atoms with Gasteiger partial charge < -0.3 is 34.5 Å². The fourth-order valence-corrected chi connectivity index (χ4v) is 7.58. The van der Waals surface area contributed by atoms with Crippen molar-refractivity contribution in [3.8, 4) is 5.75 Å². The second kappa shape index (κ2) is 18.2. The van der Waals surface area contributed by atoms with Crippen LogP contribution in [0.25, 0.3) is 21.7 Å². The van der Waals surface area contributed by atoms with Crippen molar-refractivity contribution in [1.82, 2.24) is 30.4 Å². The Kier molecular flexibility index (Phi) is 12.7. The number of H-pyrrole nitrogens is 1. The van der Waals surface area contributed by atoms with Crippen LogP contribution in [0.4, 0.5) is 10.5 Å². The summed E-state index contributed by atoms with van der Waals surface area (Å²) in [6.07, 6.45) is 1.94. The Bertz CT molecular complexity index is 2350. The number of benzene rings is 3. The van der Waals surface area contributed by atoms with Crippen LogP contribution in [0.15, 0.2) is 71.9 Å². The number of alkyl halides is 1. The van der Waals surface area contributed by atoms with E-state index in [4.69, 9.17) is 21.1 Å². The zero-order valence-corrected chi connectivity index (χ0v) is 33.5. The Morgan fingerprint density at radius 1 is 0.915 bits per heavy atom. The van der Waals surface area contributed by atoms with Gasteiger partial charge in [0, 0.05) is 98.5 Å². The first-order valence-corrected chi connectivity index (χ1v) is 20.0. The lowest BCUT2D eigenvalue weighted by Gasteiger charge is -2.31. The Hall–Kier alpha value is -6.10. The predicted octanol–water partition coefficient (Wildman–Crippen LogP) is 3.73. The van der Waals surface area contributed by atoms with Crippen molar-refractivity contribution in [1.29, 1.82) is 0 Å². The Balaban J connectivity index is 0.947. The van der Waals surface area contributed by atoms with Gasteiger partial charge in [-0.15, -0.1) is 11.6 Å². The predicted molar refractivity (Wildman–Crippen MR) is 222 cm³/mol. The number of nitrogens with zero attached hydrogens (tertiary/aromatic N) is 5. The summed E-state index contributed by atoms with van der Waals surface area (Å²) in [5.74, 6) is -1.26. The van der Waals surface area contributed by atoms with Crippen LogP contribution in [0.2, 0.25) is 0 Å². The second-order valence-corrected chi connectivity index (χ2v) is 14.9. The highest BCUT2D eigenvalue weighted by molar-refractivity contribution is 6.19. The molecule has 0 spiro atoms. The van der Waals surface area contributed by atoms with E-state index in [0.717, 1.165) is 50.8 Å². The molecule has 3 N–H and O–H groups in total. The second-order valence-electron chi connectivity index (χ2n) is 14.6. The molecular formula is C42H45ClN8O8. The standard InChI is InChI=1S/C42H45ClN8O8/c1-26(46-47-37(53)12-19-58-20-13-44-36(52)11-14-50-38(54)9-10-39(50)55)27-7-8-32-28(21-27)22-33(45-32)41(56)51-25-29(24-43)40-31-6-4-3-5-30(31)35(23-34(40)51)59-42(57)49-17-15-48(2)16-18-49/h3-10,21-23,29,45H,11-20,24-25H2,1-2H3,(H,44,52)(H,47,53)/b46-26-/t29-/m1/s1. The van der Waals surface area contributed by atoms with Gasteiger partial charge in [0.25, 0.3) is 17.7 Å². The summed E-state index contributed by atoms with van der Waals surface area (Å²) in [7, 11) is 2.02. The van der Waals surface area contributed by atoms with E-state index < -0.39 is 17.9 Å². The zero-order valence-electron chi connectivity index (χ0n) is 32.8. The Labute approximate surface area is 345 Å². The number of carbonyl (C=O) groups excluding carboxylic acids is 6. The molecule has 0 saturated carbocycles. The van der Waals surface area contributed by atoms with Crippen molar-refractivity contribution in [2.75, 3.05) is 76.9 Å². The number of carbonyl (C=O) groups is 6. The van der Waals surface area contributed by atoms with Gasteiger partial charge in [-0.25, -0.2) is 10.2 Å². The van der Waals surface area contributed by atoms with Gasteiger partial charge in [-0.05, 0) is 48.7 Å². The molecule has 0 bridgehead atoms. The van der Waals surface area contributed by atoms with Gasteiger partial charge >= 0.3 is 6.09 Å². The molecule has 3 aliphatic rings. The largest absolute Gasteiger partial charge is 0.415 e. The fourth-order valence-electron chi connectivity index (χ4n) is 7.33.